The average molecular weight is 405 g/mol. The van der Waals surface area contributed by atoms with Crippen LogP contribution in [0.3, 0.4) is 0 Å². The zero-order valence-electron chi connectivity index (χ0n) is 15.8. The molecule has 150 valence electrons. The molecule has 2 aromatic heterocycles. The SMILES string of the molecule is CCOC(=O)c1c(C)oc(NC(=O)CN2CCCC2c2cccs2)c1C(N)=O. The number of carbonyl (C=O) groups is 3. The van der Waals surface area contributed by atoms with E-state index in [4.69, 9.17) is 14.9 Å². The lowest BCUT2D eigenvalue weighted by Gasteiger charge is -2.22. The summed E-state index contributed by atoms with van der Waals surface area (Å²) in [5.74, 6) is -1.87. The van der Waals surface area contributed by atoms with E-state index in [0.717, 1.165) is 19.4 Å². The maximum atomic E-state index is 12.6. The van der Waals surface area contributed by atoms with Gasteiger partial charge in [-0.15, -0.1) is 11.3 Å². The number of aryl methyl sites for hydroxylation is 1. The lowest BCUT2D eigenvalue weighted by Crippen LogP contribution is -2.33. The fourth-order valence-electron chi connectivity index (χ4n) is 3.49. The zero-order valence-corrected chi connectivity index (χ0v) is 16.6. The van der Waals surface area contributed by atoms with Crippen molar-refractivity contribution in [1.82, 2.24) is 4.90 Å². The van der Waals surface area contributed by atoms with E-state index in [0.29, 0.717) is 0 Å². The van der Waals surface area contributed by atoms with Crippen molar-refractivity contribution >= 4 is 35.0 Å². The highest BCUT2D eigenvalue weighted by atomic mass is 32.1. The maximum Gasteiger partial charge on any atom is 0.342 e. The number of nitrogens with zero attached hydrogens (tertiary/aromatic N) is 1. The number of anilines is 1. The van der Waals surface area contributed by atoms with Gasteiger partial charge in [-0.25, -0.2) is 4.79 Å². The molecule has 3 N–H and O–H groups in total. The summed E-state index contributed by atoms with van der Waals surface area (Å²) >= 11 is 1.67. The van der Waals surface area contributed by atoms with Crippen molar-refractivity contribution in [3.8, 4) is 0 Å². The molecular weight excluding hydrogens is 382 g/mol. The van der Waals surface area contributed by atoms with E-state index in [2.05, 4.69) is 16.3 Å². The standard InChI is InChI=1S/C19H23N3O5S/c1-3-26-19(25)15-11(2)27-18(16(15)17(20)24)21-14(23)10-22-8-4-6-12(22)13-7-5-9-28-13/h5,7,9,12H,3-4,6,8,10H2,1-2H3,(H2,20,24)(H,21,23). The van der Waals surface area contributed by atoms with Crippen molar-refractivity contribution in [3.05, 3.63) is 39.3 Å². The van der Waals surface area contributed by atoms with E-state index >= 15 is 0 Å². The van der Waals surface area contributed by atoms with E-state index in [9.17, 15) is 14.4 Å². The number of carbonyl (C=O) groups excluding carboxylic acids is 3. The summed E-state index contributed by atoms with van der Waals surface area (Å²) < 4.78 is 10.4. The van der Waals surface area contributed by atoms with Crippen LogP contribution < -0.4 is 11.1 Å². The normalized spacial score (nSPS) is 16.9. The Morgan fingerprint density at radius 3 is 2.82 bits per heavy atom. The van der Waals surface area contributed by atoms with Crippen LogP contribution in [0.15, 0.2) is 21.9 Å². The van der Waals surface area contributed by atoms with E-state index < -0.39 is 11.9 Å². The fourth-order valence-corrected chi connectivity index (χ4v) is 4.38. The van der Waals surface area contributed by atoms with Crippen molar-refractivity contribution < 1.29 is 23.5 Å². The van der Waals surface area contributed by atoms with Crippen LogP contribution in [0.5, 0.6) is 0 Å². The van der Waals surface area contributed by atoms with Crippen LogP contribution in [0.2, 0.25) is 0 Å². The Morgan fingerprint density at radius 2 is 2.18 bits per heavy atom. The summed E-state index contributed by atoms with van der Waals surface area (Å²) in [6.07, 6.45) is 2.00. The predicted octanol–water partition coefficient (Wildman–Crippen LogP) is 2.70. The van der Waals surface area contributed by atoms with Gasteiger partial charge in [0.2, 0.25) is 11.8 Å². The van der Waals surface area contributed by atoms with Gasteiger partial charge in [-0.05, 0) is 44.7 Å². The second-order valence-corrected chi connectivity index (χ2v) is 7.49. The minimum absolute atomic E-state index is 0.0534. The lowest BCUT2D eigenvalue weighted by molar-refractivity contribution is -0.117. The van der Waals surface area contributed by atoms with Gasteiger partial charge in [0.25, 0.3) is 5.91 Å². The molecule has 1 unspecified atom stereocenters. The monoisotopic (exact) mass is 405 g/mol. The smallest absolute Gasteiger partial charge is 0.342 e. The molecule has 8 nitrogen and oxygen atoms in total. The van der Waals surface area contributed by atoms with Crippen molar-refractivity contribution in [1.29, 1.82) is 0 Å². The Labute approximate surface area is 166 Å². The predicted molar refractivity (Wildman–Crippen MR) is 104 cm³/mol. The molecule has 28 heavy (non-hydrogen) atoms. The second kappa shape index (κ2) is 8.57. The van der Waals surface area contributed by atoms with E-state index in [1.165, 1.54) is 11.8 Å². The quantitative estimate of drug-likeness (QED) is 0.685. The average Bonchev–Trinajstić information content (AvgIpc) is 3.34. The molecular formula is C19H23N3O5S. The van der Waals surface area contributed by atoms with Gasteiger partial charge in [0.05, 0.1) is 13.2 Å². The number of hydrogen-bond donors (Lipinski definition) is 2. The number of rotatable bonds is 7. The first kappa shape index (κ1) is 20.1. The van der Waals surface area contributed by atoms with E-state index in [1.54, 1.807) is 18.3 Å². The van der Waals surface area contributed by atoms with Gasteiger partial charge in [0.1, 0.15) is 16.9 Å². The van der Waals surface area contributed by atoms with Gasteiger partial charge < -0.3 is 14.9 Å². The Kier molecular flexibility index (Phi) is 6.15. The number of ether oxygens (including phenoxy) is 1. The number of furan rings is 1. The fraction of sp³-hybridized carbons (Fsp3) is 0.421. The van der Waals surface area contributed by atoms with Crippen LogP contribution in [-0.4, -0.2) is 42.4 Å². The van der Waals surface area contributed by atoms with Gasteiger partial charge in [-0.3, -0.25) is 19.8 Å². The van der Waals surface area contributed by atoms with Crippen molar-refractivity contribution in [3.63, 3.8) is 0 Å². The molecule has 0 bridgehead atoms. The number of nitrogens with two attached hydrogens (primary N) is 1. The van der Waals surface area contributed by atoms with E-state index in [1.807, 2.05) is 11.4 Å². The largest absolute Gasteiger partial charge is 0.462 e. The molecule has 1 aliphatic heterocycles. The van der Waals surface area contributed by atoms with Crippen LogP contribution in [0.25, 0.3) is 0 Å². The first-order valence-corrected chi connectivity index (χ1v) is 9.98. The molecule has 1 saturated heterocycles. The highest BCUT2D eigenvalue weighted by molar-refractivity contribution is 7.10. The molecule has 3 rings (SSSR count). The summed E-state index contributed by atoms with van der Waals surface area (Å²) in [5, 5.41) is 4.61. The molecule has 0 spiro atoms. The van der Waals surface area contributed by atoms with Gasteiger partial charge in [-0.1, -0.05) is 6.07 Å². The summed E-state index contributed by atoms with van der Waals surface area (Å²) in [7, 11) is 0. The third-order valence-corrected chi connectivity index (χ3v) is 5.62. The Bertz CT molecular complexity index is 875. The number of thiophene rings is 1. The second-order valence-electron chi connectivity index (χ2n) is 6.51. The maximum absolute atomic E-state index is 12.6. The lowest BCUT2D eigenvalue weighted by atomic mass is 10.1. The molecule has 2 aromatic rings. The van der Waals surface area contributed by atoms with Gasteiger partial charge in [-0.2, -0.15) is 0 Å². The molecule has 1 atom stereocenters. The highest BCUT2D eigenvalue weighted by Crippen LogP contribution is 2.34. The van der Waals surface area contributed by atoms with Crippen molar-refractivity contribution in [2.45, 2.75) is 32.7 Å². The number of likely N-dealkylation sites (tertiary alicyclic amines) is 1. The van der Waals surface area contributed by atoms with Crippen molar-refractivity contribution in [2.75, 3.05) is 25.0 Å². The van der Waals surface area contributed by atoms with E-state index in [-0.39, 0.29) is 47.9 Å². The number of esters is 1. The molecule has 9 heteroatoms. The Balaban J connectivity index is 1.76. The molecule has 0 aromatic carbocycles. The minimum Gasteiger partial charge on any atom is -0.462 e. The third kappa shape index (κ3) is 4.10. The van der Waals surface area contributed by atoms with Crippen LogP contribution in [-0.2, 0) is 9.53 Å². The topological polar surface area (TPSA) is 115 Å². The Morgan fingerprint density at radius 1 is 1.39 bits per heavy atom. The molecule has 0 aliphatic carbocycles. The van der Waals surface area contributed by atoms with Gasteiger partial charge in [0, 0.05) is 10.9 Å². The summed E-state index contributed by atoms with van der Waals surface area (Å²) in [6, 6.07) is 4.27. The van der Waals surface area contributed by atoms with Gasteiger partial charge >= 0.3 is 5.97 Å². The number of amides is 2. The van der Waals surface area contributed by atoms with Crippen LogP contribution in [0.1, 0.15) is 57.2 Å². The third-order valence-electron chi connectivity index (χ3n) is 4.65. The minimum atomic E-state index is -0.868. The van der Waals surface area contributed by atoms with Gasteiger partial charge in [0.15, 0.2) is 0 Å². The Hall–Kier alpha value is -2.65. The molecule has 0 saturated carbocycles. The summed E-state index contributed by atoms with van der Waals surface area (Å²) in [5.41, 5.74) is 5.20. The van der Waals surface area contributed by atoms with Crippen LogP contribution >= 0.6 is 11.3 Å². The molecule has 2 amide bonds. The zero-order chi connectivity index (χ0) is 20.3. The number of primary amides is 1. The van der Waals surface area contributed by atoms with Crippen LogP contribution in [0, 0.1) is 6.92 Å². The van der Waals surface area contributed by atoms with Crippen LogP contribution in [0.4, 0.5) is 5.88 Å². The first-order valence-electron chi connectivity index (χ1n) is 9.10. The highest BCUT2D eigenvalue weighted by Gasteiger charge is 2.31. The van der Waals surface area contributed by atoms with Crippen molar-refractivity contribution in [2.24, 2.45) is 5.73 Å². The molecule has 3 heterocycles. The first-order chi connectivity index (χ1) is 13.4. The summed E-state index contributed by atoms with van der Waals surface area (Å²) in [4.78, 5) is 39.9. The molecule has 1 fully saturated rings. The molecule has 0 radical (unpaired) electrons. The molecule has 1 aliphatic rings. The summed E-state index contributed by atoms with van der Waals surface area (Å²) in [6.45, 7) is 4.27. The number of hydrogen-bond acceptors (Lipinski definition) is 7. The number of nitrogens with one attached hydrogen (secondary N) is 1.